The lowest BCUT2D eigenvalue weighted by molar-refractivity contribution is -0.120. The van der Waals surface area contributed by atoms with Crippen LogP contribution in [-0.4, -0.2) is 31.0 Å². The Hall–Kier alpha value is -0.0900. The van der Waals surface area contributed by atoms with E-state index < -0.39 is 0 Å². The molecule has 0 aromatic heterocycles. The van der Waals surface area contributed by atoms with E-state index in [1.807, 2.05) is 6.92 Å². The van der Waals surface area contributed by atoms with Gasteiger partial charge in [-0.05, 0) is 12.8 Å². The number of nitrogens with one attached hydrogen (secondary N) is 1. The molecule has 1 atom stereocenters. The van der Waals surface area contributed by atoms with E-state index in [0.717, 1.165) is 12.8 Å². The Morgan fingerprint density at radius 3 is 2.83 bits per heavy atom. The normalized spacial score (nSPS) is 12.6. The standard InChI is InChI=1S/C8H16BrNO2/c1-3-7(9)8(11)10-5-4-6-12-2/h7H,3-6H2,1-2H3,(H,10,11). The molecule has 1 N–H and O–H groups in total. The van der Waals surface area contributed by atoms with Crippen LogP contribution >= 0.6 is 15.9 Å². The second-order valence-corrected chi connectivity index (χ2v) is 3.62. The molecular weight excluding hydrogens is 222 g/mol. The molecule has 1 amide bonds. The Bertz CT molecular complexity index is 130. The van der Waals surface area contributed by atoms with Crippen LogP contribution < -0.4 is 5.32 Å². The van der Waals surface area contributed by atoms with Gasteiger partial charge < -0.3 is 10.1 Å². The van der Waals surface area contributed by atoms with Crippen molar-refractivity contribution in [3.05, 3.63) is 0 Å². The molecule has 0 rings (SSSR count). The van der Waals surface area contributed by atoms with E-state index in [1.165, 1.54) is 0 Å². The fourth-order valence-electron chi connectivity index (χ4n) is 0.724. The zero-order valence-electron chi connectivity index (χ0n) is 7.60. The molecule has 0 radical (unpaired) electrons. The molecule has 0 aliphatic carbocycles. The average Bonchev–Trinajstić information content (AvgIpc) is 2.10. The van der Waals surface area contributed by atoms with Crippen LogP contribution in [0.3, 0.4) is 0 Å². The third-order valence-electron chi connectivity index (χ3n) is 1.47. The largest absolute Gasteiger partial charge is 0.385 e. The fraction of sp³-hybridized carbons (Fsp3) is 0.875. The summed E-state index contributed by atoms with van der Waals surface area (Å²) in [4.78, 5) is 11.1. The number of hydrogen-bond donors (Lipinski definition) is 1. The summed E-state index contributed by atoms with van der Waals surface area (Å²) >= 11 is 3.27. The third kappa shape index (κ3) is 5.55. The predicted octanol–water partition coefficient (Wildman–Crippen LogP) is 1.31. The first-order chi connectivity index (χ1) is 5.72. The number of carbonyl (C=O) groups is 1. The quantitative estimate of drug-likeness (QED) is 0.559. The minimum Gasteiger partial charge on any atom is -0.385 e. The molecule has 0 fully saturated rings. The van der Waals surface area contributed by atoms with Gasteiger partial charge in [-0.3, -0.25) is 4.79 Å². The first kappa shape index (κ1) is 11.9. The van der Waals surface area contributed by atoms with Crippen molar-refractivity contribution in [1.82, 2.24) is 5.32 Å². The van der Waals surface area contributed by atoms with Crippen molar-refractivity contribution in [2.75, 3.05) is 20.3 Å². The number of ether oxygens (including phenoxy) is 1. The number of carbonyl (C=O) groups excluding carboxylic acids is 1. The first-order valence-electron chi connectivity index (χ1n) is 4.13. The first-order valence-corrected chi connectivity index (χ1v) is 5.04. The van der Waals surface area contributed by atoms with Gasteiger partial charge in [0, 0.05) is 20.3 Å². The van der Waals surface area contributed by atoms with Gasteiger partial charge in [-0.25, -0.2) is 0 Å². The predicted molar refractivity (Wildman–Crippen MR) is 52.5 cm³/mol. The summed E-state index contributed by atoms with van der Waals surface area (Å²) in [6.45, 7) is 3.35. The summed E-state index contributed by atoms with van der Waals surface area (Å²) in [5.41, 5.74) is 0. The maximum Gasteiger partial charge on any atom is 0.233 e. The lowest BCUT2D eigenvalue weighted by Gasteiger charge is -2.07. The molecule has 12 heavy (non-hydrogen) atoms. The molecular formula is C8H16BrNO2. The molecule has 0 aromatic carbocycles. The van der Waals surface area contributed by atoms with E-state index in [9.17, 15) is 4.79 Å². The summed E-state index contributed by atoms with van der Waals surface area (Å²) in [5, 5.41) is 2.80. The van der Waals surface area contributed by atoms with Crippen molar-refractivity contribution < 1.29 is 9.53 Å². The van der Waals surface area contributed by atoms with Crippen molar-refractivity contribution in [3.8, 4) is 0 Å². The number of hydrogen-bond acceptors (Lipinski definition) is 2. The van der Waals surface area contributed by atoms with Crippen molar-refractivity contribution in [2.24, 2.45) is 0 Å². The Kier molecular flexibility index (Phi) is 7.50. The van der Waals surface area contributed by atoms with Crippen LogP contribution in [0, 0.1) is 0 Å². The van der Waals surface area contributed by atoms with Crippen LogP contribution in [0.15, 0.2) is 0 Å². The highest BCUT2D eigenvalue weighted by atomic mass is 79.9. The molecule has 3 nitrogen and oxygen atoms in total. The van der Waals surface area contributed by atoms with Gasteiger partial charge in [-0.2, -0.15) is 0 Å². The minimum absolute atomic E-state index is 0.0555. The Labute approximate surface area is 82.0 Å². The van der Waals surface area contributed by atoms with E-state index in [1.54, 1.807) is 7.11 Å². The van der Waals surface area contributed by atoms with Crippen molar-refractivity contribution in [3.63, 3.8) is 0 Å². The van der Waals surface area contributed by atoms with E-state index in [2.05, 4.69) is 21.2 Å². The molecule has 1 unspecified atom stereocenters. The van der Waals surface area contributed by atoms with Gasteiger partial charge in [0.05, 0.1) is 4.83 Å². The fourth-order valence-corrected chi connectivity index (χ4v) is 0.886. The molecule has 0 heterocycles. The summed E-state index contributed by atoms with van der Waals surface area (Å²) in [5.74, 6) is 0.0635. The molecule has 0 aromatic rings. The zero-order chi connectivity index (χ0) is 9.40. The lowest BCUT2D eigenvalue weighted by Crippen LogP contribution is -2.31. The molecule has 0 aliphatic heterocycles. The van der Waals surface area contributed by atoms with Gasteiger partial charge in [0.2, 0.25) is 5.91 Å². The molecule has 0 saturated heterocycles. The third-order valence-corrected chi connectivity index (χ3v) is 2.53. The van der Waals surface area contributed by atoms with E-state index in [4.69, 9.17) is 4.74 Å². The van der Waals surface area contributed by atoms with E-state index >= 15 is 0 Å². The summed E-state index contributed by atoms with van der Waals surface area (Å²) < 4.78 is 4.85. The van der Waals surface area contributed by atoms with Crippen LogP contribution in [0.5, 0.6) is 0 Å². The van der Waals surface area contributed by atoms with Gasteiger partial charge in [-0.15, -0.1) is 0 Å². The number of methoxy groups -OCH3 is 1. The second kappa shape index (κ2) is 7.55. The maximum absolute atomic E-state index is 11.1. The van der Waals surface area contributed by atoms with Crippen molar-refractivity contribution in [1.29, 1.82) is 0 Å². The monoisotopic (exact) mass is 237 g/mol. The maximum atomic E-state index is 11.1. The highest BCUT2D eigenvalue weighted by molar-refractivity contribution is 9.10. The molecule has 0 saturated carbocycles. The summed E-state index contributed by atoms with van der Waals surface area (Å²) in [7, 11) is 1.65. The highest BCUT2D eigenvalue weighted by Gasteiger charge is 2.10. The Balaban J connectivity index is 3.31. The van der Waals surface area contributed by atoms with Gasteiger partial charge in [0.25, 0.3) is 0 Å². The van der Waals surface area contributed by atoms with Gasteiger partial charge in [-0.1, -0.05) is 22.9 Å². The van der Waals surface area contributed by atoms with Crippen LogP contribution in [0.1, 0.15) is 19.8 Å². The van der Waals surface area contributed by atoms with Gasteiger partial charge in [0.1, 0.15) is 0 Å². The smallest absolute Gasteiger partial charge is 0.233 e. The zero-order valence-corrected chi connectivity index (χ0v) is 9.19. The van der Waals surface area contributed by atoms with Gasteiger partial charge in [0.15, 0.2) is 0 Å². The van der Waals surface area contributed by atoms with E-state index in [0.29, 0.717) is 13.2 Å². The molecule has 4 heteroatoms. The SMILES string of the molecule is CCC(Br)C(=O)NCCCOC. The average molecular weight is 238 g/mol. The van der Waals surface area contributed by atoms with Crippen molar-refractivity contribution in [2.45, 2.75) is 24.6 Å². The number of alkyl halides is 1. The van der Waals surface area contributed by atoms with E-state index in [-0.39, 0.29) is 10.7 Å². The lowest BCUT2D eigenvalue weighted by atomic mass is 10.3. The molecule has 0 aliphatic rings. The summed E-state index contributed by atoms with van der Waals surface area (Å²) in [6.07, 6.45) is 1.68. The van der Waals surface area contributed by atoms with Crippen LogP contribution in [0.2, 0.25) is 0 Å². The molecule has 72 valence electrons. The van der Waals surface area contributed by atoms with Gasteiger partial charge >= 0.3 is 0 Å². The van der Waals surface area contributed by atoms with Crippen LogP contribution in [-0.2, 0) is 9.53 Å². The molecule has 0 bridgehead atoms. The minimum atomic E-state index is -0.0555. The van der Waals surface area contributed by atoms with Crippen LogP contribution in [0.4, 0.5) is 0 Å². The summed E-state index contributed by atoms with van der Waals surface area (Å²) in [6, 6.07) is 0. The Morgan fingerprint density at radius 1 is 1.67 bits per heavy atom. The molecule has 0 spiro atoms. The Morgan fingerprint density at radius 2 is 2.33 bits per heavy atom. The number of amides is 1. The van der Waals surface area contributed by atoms with Crippen LogP contribution in [0.25, 0.3) is 0 Å². The number of rotatable bonds is 6. The number of halogens is 1. The highest BCUT2D eigenvalue weighted by Crippen LogP contribution is 2.03. The van der Waals surface area contributed by atoms with Crippen molar-refractivity contribution >= 4 is 21.8 Å². The topological polar surface area (TPSA) is 38.3 Å². The second-order valence-electron chi connectivity index (χ2n) is 2.51.